The number of carbonyl (C=O) groups excluding carboxylic acids is 1. The molecule has 0 bridgehead atoms. The topological polar surface area (TPSA) is 88.6 Å². The fourth-order valence-electron chi connectivity index (χ4n) is 3.33. The van der Waals surface area contributed by atoms with E-state index in [1.54, 1.807) is 48.5 Å². The number of nitrogens with one attached hydrogen (secondary N) is 1. The van der Waals surface area contributed by atoms with Gasteiger partial charge in [0, 0.05) is 23.4 Å². The van der Waals surface area contributed by atoms with Crippen molar-refractivity contribution in [3.63, 3.8) is 0 Å². The Kier molecular flexibility index (Phi) is 6.08. The Morgan fingerprint density at radius 2 is 1.87 bits per heavy atom. The first-order valence-corrected chi connectivity index (χ1v) is 12.2. The van der Waals surface area contributed by atoms with Gasteiger partial charge in [-0.1, -0.05) is 17.7 Å². The maximum absolute atomic E-state index is 13.0. The number of sulfonamides is 1. The van der Waals surface area contributed by atoms with Gasteiger partial charge in [0.25, 0.3) is 5.91 Å². The van der Waals surface area contributed by atoms with E-state index in [4.69, 9.17) is 4.74 Å². The van der Waals surface area contributed by atoms with Crippen LogP contribution in [0.1, 0.15) is 33.4 Å². The van der Waals surface area contributed by atoms with Gasteiger partial charge in [0.1, 0.15) is 5.75 Å². The Balaban J connectivity index is 1.46. The molecule has 9 heteroatoms. The van der Waals surface area contributed by atoms with Crippen molar-refractivity contribution in [3.8, 4) is 5.75 Å². The molecule has 2 heterocycles. The summed E-state index contributed by atoms with van der Waals surface area (Å²) in [5.74, 6) is 0.442. The predicted octanol–water partition coefficient (Wildman–Crippen LogP) is 3.85. The molecule has 0 spiro atoms. The molecule has 0 radical (unpaired) electrons. The average molecular weight is 458 g/mol. The molecule has 162 valence electrons. The lowest BCUT2D eigenvalue weighted by molar-refractivity contribution is 0.102. The zero-order valence-corrected chi connectivity index (χ0v) is 18.9. The molecular formula is C22H23N3O4S2. The summed E-state index contributed by atoms with van der Waals surface area (Å²) in [5, 5.41) is 3.29. The molecule has 2 aromatic carbocycles. The maximum atomic E-state index is 13.0. The lowest BCUT2D eigenvalue weighted by atomic mass is 10.2. The van der Waals surface area contributed by atoms with Crippen LogP contribution in [0.2, 0.25) is 0 Å². The van der Waals surface area contributed by atoms with Crippen LogP contribution in [0.4, 0.5) is 5.13 Å². The van der Waals surface area contributed by atoms with E-state index in [1.165, 1.54) is 15.6 Å². The predicted molar refractivity (Wildman–Crippen MR) is 120 cm³/mol. The van der Waals surface area contributed by atoms with E-state index in [1.807, 2.05) is 13.8 Å². The Labute approximate surface area is 185 Å². The summed E-state index contributed by atoms with van der Waals surface area (Å²) in [5.41, 5.74) is 2.35. The number of hydrogen-bond donors (Lipinski definition) is 1. The largest absolute Gasteiger partial charge is 0.494 e. The molecule has 0 fully saturated rings. The summed E-state index contributed by atoms with van der Waals surface area (Å²) < 4.78 is 32.8. The summed E-state index contributed by atoms with van der Waals surface area (Å²) in [6.07, 6.45) is 0.510. The normalized spacial score (nSPS) is 14.1. The van der Waals surface area contributed by atoms with Crippen LogP contribution in [0.15, 0.2) is 53.4 Å². The molecule has 0 saturated heterocycles. The van der Waals surface area contributed by atoms with Crippen molar-refractivity contribution >= 4 is 32.4 Å². The van der Waals surface area contributed by atoms with E-state index >= 15 is 0 Å². The number of nitrogens with zero attached hydrogens (tertiary/aromatic N) is 2. The molecule has 0 unspecified atom stereocenters. The van der Waals surface area contributed by atoms with Gasteiger partial charge in [0.05, 0.1) is 23.7 Å². The van der Waals surface area contributed by atoms with Crippen LogP contribution in [0.3, 0.4) is 0 Å². The third-order valence-corrected chi connectivity index (χ3v) is 7.86. The molecule has 31 heavy (non-hydrogen) atoms. The van der Waals surface area contributed by atoms with Crippen LogP contribution in [-0.2, 0) is 23.0 Å². The zero-order chi connectivity index (χ0) is 22.0. The molecular weight excluding hydrogens is 434 g/mol. The summed E-state index contributed by atoms with van der Waals surface area (Å²) in [4.78, 5) is 18.2. The number of anilines is 1. The highest BCUT2D eigenvalue weighted by Crippen LogP contribution is 2.31. The quantitative estimate of drug-likeness (QED) is 0.607. The van der Waals surface area contributed by atoms with Crippen molar-refractivity contribution in [3.05, 3.63) is 70.2 Å². The minimum Gasteiger partial charge on any atom is -0.494 e. The van der Waals surface area contributed by atoms with E-state index in [2.05, 4.69) is 10.3 Å². The van der Waals surface area contributed by atoms with E-state index in [9.17, 15) is 13.2 Å². The SMILES string of the molecule is CCOc1ccc(C(=O)Nc2nc3c(s2)CN(S(=O)(=O)c2ccc(C)cc2)CC3)cc1. The molecule has 0 aliphatic carbocycles. The van der Waals surface area contributed by atoms with E-state index in [0.29, 0.717) is 36.0 Å². The monoisotopic (exact) mass is 457 g/mol. The number of aromatic nitrogens is 1. The van der Waals surface area contributed by atoms with Gasteiger partial charge < -0.3 is 4.74 Å². The molecule has 1 aliphatic heterocycles. The molecule has 1 N–H and O–H groups in total. The first-order valence-electron chi connectivity index (χ1n) is 9.96. The van der Waals surface area contributed by atoms with Crippen LogP contribution >= 0.6 is 11.3 Å². The smallest absolute Gasteiger partial charge is 0.257 e. The number of fused-ring (bicyclic) bond motifs is 1. The molecule has 4 rings (SSSR count). The van der Waals surface area contributed by atoms with Crippen molar-refractivity contribution in [2.24, 2.45) is 0 Å². The minimum atomic E-state index is -3.57. The number of carbonyl (C=O) groups is 1. The van der Waals surface area contributed by atoms with Crippen molar-refractivity contribution in [1.29, 1.82) is 0 Å². The highest BCUT2D eigenvalue weighted by atomic mass is 32.2. The standard InChI is InChI=1S/C22H23N3O4S2/c1-3-29-17-8-6-16(7-9-17)21(26)24-22-23-19-12-13-25(14-20(19)30-22)31(27,28)18-10-4-15(2)5-11-18/h4-11H,3,12-14H2,1-2H3,(H,23,24,26). The Hall–Kier alpha value is -2.75. The molecule has 7 nitrogen and oxygen atoms in total. The third kappa shape index (κ3) is 4.63. The van der Waals surface area contributed by atoms with Gasteiger partial charge >= 0.3 is 0 Å². The maximum Gasteiger partial charge on any atom is 0.257 e. The summed E-state index contributed by atoms with van der Waals surface area (Å²) in [6.45, 7) is 5.00. The van der Waals surface area contributed by atoms with Crippen LogP contribution in [0.25, 0.3) is 0 Å². The summed E-state index contributed by atoms with van der Waals surface area (Å²) in [7, 11) is -3.57. The van der Waals surface area contributed by atoms with Gasteiger partial charge in [-0.05, 0) is 50.2 Å². The lowest BCUT2D eigenvalue weighted by Gasteiger charge is -2.25. The van der Waals surface area contributed by atoms with E-state index in [-0.39, 0.29) is 17.3 Å². The van der Waals surface area contributed by atoms with Crippen LogP contribution in [0.5, 0.6) is 5.75 Å². The van der Waals surface area contributed by atoms with Crippen LogP contribution < -0.4 is 10.1 Å². The number of thiazole rings is 1. The third-order valence-electron chi connectivity index (χ3n) is 5.00. The zero-order valence-electron chi connectivity index (χ0n) is 17.3. The van der Waals surface area contributed by atoms with Gasteiger partial charge in [-0.25, -0.2) is 13.4 Å². The molecule has 1 aliphatic rings. The Morgan fingerprint density at radius 3 is 2.55 bits per heavy atom. The van der Waals surface area contributed by atoms with Crippen LogP contribution in [0, 0.1) is 6.92 Å². The second kappa shape index (κ2) is 8.78. The second-order valence-corrected chi connectivity index (χ2v) is 10.2. The first-order chi connectivity index (χ1) is 14.9. The minimum absolute atomic E-state index is 0.252. The number of aryl methyl sites for hydroxylation is 1. The number of amides is 1. The molecule has 0 saturated carbocycles. The highest BCUT2D eigenvalue weighted by molar-refractivity contribution is 7.89. The highest BCUT2D eigenvalue weighted by Gasteiger charge is 2.30. The van der Waals surface area contributed by atoms with Crippen molar-refractivity contribution < 1.29 is 17.9 Å². The number of rotatable bonds is 6. The first kappa shape index (κ1) is 21.5. The van der Waals surface area contributed by atoms with Gasteiger partial charge in [-0.3, -0.25) is 10.1 Å². The second-order valence-electron chi connectivity index (χ2n) is 7.20. The molecule has 1 aromatic heterocycles. The lowest BCUT2D eigenvalue weighted by Crippen LogP contribution is -2.35. The molecule has 0 atom stereocenters. The van der Waals surface area contributed by atoms with Gasteiger partial charge in [-0.15, -0.1) is 11.3 Å². The van der Waals surface area contributed by atoms with Crippen molar-refractivity contribution in [2.75, 3.05) is 18.5 Å². The Bertz CT molecular complexity index is 1190. The van der Waals surface area contributed by atoms with Gasteiger partial charge in [0.15, 0.2) is 5.13 Å². The molecule has 1 amide bonds. The van der Waals surface area contributed by atoms with Crippen LogP contribution in [-0.4, -0.2) is 36.8 Å². The van der Waals surface area contributed by atoms with E-state index in [0.717, 1.165) is 16.1 Å². The number of benzene rings is 2. The number of ether oxygens (including phenoxy) is 1. The molecule has 3 aromatic rings. The Morgan fingerprint density at radius 1 is 1.16 bits per heavy atom. The number of hydrogen-bond acceptors (Lipinski definition) is 6. The van der Waals surface area contributed by atoms with Crippen molar-refractivity contribution in [1.82, 2.24) is 9.29 Å². The fraction of sp³-hybridized carbons (Fsp3) is 0.273. The van der Waals surface area contributed by atoms with Gasteiger partial charge in [0.2, 0.25) is 10.0 Å². The fourth-order valence-corrected chi connectivity index (χ4v) is 5.84. The van der Waals surface area contributed by atoms with Gasteiger partial charge in [-0.2, -0.15) is 4.31 Å². The summed E-state index contributed by atoms with van der Waals surface area (Å²) in [6, 6.07) is 13.8. The average Bonchev–Trinajstić information content (AvgIpc) is 3.16. The van der Waals surface area contributed by atoms with Crippen molar-refractivity contribution in [2.45, 2.75) is 31.7 Å². The van der Waals surface area contributed by atoms with E-state index < -0.39 is 10.0 Å². The summed E-state index contributed by atoms with van der Waals surface area (Å²) >= 11 is 1.31.